The lowest BCUT2D eigenvalue weighted by Crippen LogP contribution is -2.51. The van der Waals surface area contributed by atoms with E-state index in [0.29, 0.717) is 49.5 Å². The summed E-state index contributed by atoms with van der Waals surface area (Å²) in [6, 6.07) is 12.4. The van der Waals surface area contributed by atoms with Gasteiger partial charge in [0, 0.05) is 75.8 Å². The molecule has 0 spiro atoms. The van der Waals surface area contributed by atoms with Crippen LogP contribution in [-0.4, -0.2) is 120 Å². The van der Waals surface area contributed by atoms with Gasteiger partial charge in [-0.05, 0) is 58.3 Å². The third kappa shape index (κ3) is 7.03. The summed E-state index contributed by atoms with van der Waals surface area (Å²) in [7, 11) is 6.00. The summed E-state index contributed by atoms with van der Waals surface area (Å²) in [5, 5.41) is 9.15. The highest BCUT2D eigenvalue weighted by Crippen LogP contribution is 2.34. The molecule has 13 heteroatoms. The van der Waals surface area contributed by atoms with E-state index in [2.05, 4.69) is 21.8 Å². The number of carbonyl (C=O) groups is 1. The Bertz CT molecular complexity index is 1780. The van der Waals surface area contributed by atoms with E-state index in [0.717, 1.165) is 38.3 Å². The Morgan fingerprint density at radius 3 is 2.64 bits per heavy atom. The highest BCUT2D eigenvalue weighted by Gasteiger charge is 2.32. The Kier molecular flexibility index (Phi) is 9.60. The van der Waals surface area contributed by atoms with Gasteiger partial charge in [-0.3, -0.25) is 9.20 Å². The smallest absolute Gasteiger partial charge is 0.236 e. The van der Waals surface area contributed by atoms with Crippen molar-refractivity contribution in [2.24, 2.45) is 0 Å². The number of carbonyl (C=O) groups excluding carboxylic acids is 1. The van der Waals surface area contributed by atoms with Crippen LogP contribution >= 0.6 is 0 Å². The van der Waals surface area contributed by atoms with Crippen molar-refractivity contribution in [1.29, 1.82) is 5.26 Å². The van der Waals surface area contributed by atoms with Crippen LogP contribution in [0.5, 0.6) is 0 Å². The van der Waals surface area contributed by atoms with E-state index >= 15 is 4.39 Å². The molecule has 1 amide bonds. The first kappa shape index (κ1) is 32.3. The number of likely N-dealkylation sites (N-methyl/N-ethyl adjacent to an activating group) is 2. The predicted molar refractivity (Wildman–Crippen MR) is 177 cm³/mol. The number of piperidine rings is 1. The quantitative estimate of drug-likeness (QED) is 0.270. The van der Waals surface area contributed by atoms with Crippen molar-refractivity contribution >= 4 is 23.1 Å². The van der Waals surface area contributed by atoms with Gasteiger partial charge >= 0.3 is 0 Å². The van der Waals surface area contributed by atoms with E-state index in [1.807, 2.05) is 54.2 Å². The predicted octanol–water partition coefficient (Wildman–Crippen LogP) is 3.76. The monoisotopic (exact) mass is 642 g/mol. The highest BCUT2D eigenvalue weighted by molar-refractivity contribution is 5.78. The highest BCUT2D eigenvalue weighted by atomic mass is 19.1. The molecule has 1 aromatic carbocycles. The molecule has 1 atom stereocenters. The number of fused-ring (bicyclic) bond motifs is 1. The number of hydrogen-bond acceptors (Lipinski definition) is 9. The number of anilines is 2. The van der Waals surface area contributed by atoms with Gasteiger partial charge in [-0.25, -0.2) is 23.7 Å². The minimum Gasteiger partial charge on any atom is -0.369 e. The molecule has 4 aromatic rings. The molecule has 47 heavy (non-hydrogen) atoms. The third-order valence-electron chi connectivity index (χ3n) is 9.00. The van der Waals surface area contributed by atoms with E-state index < -0.39 is 11.6 Å². The number of nitriles is 1. The summed E-state index contributed by atoms with van der Waals surface area (Å²) in [6.45, 7) is 5.52. The number of amides is 1. The lowest BCUT2D eigenvalue weighted by Gasteiger charge is -2.40. The zero-order valence-corrected chi connectivity index (χ0v) is 27.1. The summed E-state index contributed by atoms with van der Waals surface area (Å²) < 4.78 is 33.1. The van der Waals surface area contributed by atoms with Gasteiger partial charge in [0.25, 0.3) is 0 Å². The van der Waals surface area contributed by atoms with Gasteiger partial charge in [0.1, 0.15) is 29.3 Å². The Morgan fingerprint density at radius 2 is 1.87 bits per heavy atom. The molecule has 0 bridgehead atoms. The molecule has 2 saturated heterocycles. The largest absolute Gasteiger partial charge is 0.369 e. The SMILES string of the molecule is CN(C)CCN(c1nc(-c2cnc3ccc(F)cn23)nc(-c2cccc(N3CCN(C)CC3)c2)c1F)[C@@H]1CCCN(C(=O)CC#N)C1. The molecule has 6 rings (SSSR count). The van der Waals surface area contributed by atoms with Crippen LogP contribution in [0, 0.1) is 23.0 Å². The van der Waals surface area contributed by atoms with E-state index in [9.17, 15) is 9.18 Å². The zero-order chi connectivity index (χ0) is 33.1. The fraction of sp³-hybridized carbons (Fsp3) is 0.441. The van der Waals surface area contributed by atoms with Gasteiger partial charge in [-0.15, -0.1) is 0 Å². The van der Waals surface area contributed by atoms with Crippen LogP contribution in [0.1, 0.15) is 19.3 Å². The average Bonchev–Trinajstić information content (AvgIpc) is 3.49. The number of rotatable bonds is 9. The van der Waals surface area contributed by atoms with Crippen molar-refractivity contribution < 1.29 is 13.6 Å². The van der Waals surface area contributed by atoms with Crippen molar-refractivity contribution in [3.8, 4) is 28.8 Å². The molecule has 246 valence electrons. The van der Waals surface area contributed by atoms with Gasteiger partial charge in [-0.2, -0.15) is 5.26 Å². The molecule has 2 fully saturated rings. The minimum atomic E-state index is -0.566. The van der Waals surface area contributed by atoms with Gasteiger partial charge in [0.05, 0.1) is 12.3 Å². The molecule has 0 aliphatic carbocycles. The Hall–Kier alpha value is -4.67. The van der Waals surface area contributed by atoms with Crippen LogP contribution in [0.25, 0.3) is 28.4 Å². The van der Waals surface area contributed by atoms with Crippen molar-refractivity contribution in [2.75, 3.05) is 83.3 Å². The lowest BCUT2D eigenvalue weighted by molar-refractivity contribution is -0.131. The fourth-order valence-electron chi connectivity index (χ4n) is 6.35. The van der Waals surface area contributed by atoms with E-state index in [1.165, 1.54) is 12.3 Å². The average molecular weight is 643 g/mol. The molecule has 2 aliphatic heterocycles. The summed E-state index contributed by atoms with van der Waals surface area (Å²) in [5.41, 5.74) is 2.66. The molecule has 0 radical (unpaired) electrons. The van der Waals surface area contributed by atoms with Gasteiger partial charge in [0.2, 0.25) is 5.91 Å². The maximum absolute atomic E-state index is 17.1. The van der Waals surface area contributed by atoms with E-state index in [1.54, 1.807) is 21.6 Å². The lowest BCUT2D eigenvalue weighted by atomic mass is 10.0. The molecule has 0 saturated carbocycles. The molecule has 0 unspecified atom stereocenters. The number of pyridine rings is 1. The van der Waals surface area contributed by atoms with Crippen molar-refractivity contribution in [1.82, 2.24) is 34.1 Å². The second-order valence-electron chi connectivity index (χ2n) is 12.6. The van der Waals surface area contributed by atoms with Gasteiger partial charge in [-0.1, -0.05) is 12.1 Å². The molecule has 3 aromatic heterocycles. The van der Waals surface area contributed by atoms with Gasteiger partial charge in [0.15, 0.2) is 17.5 Å². The van der Waals surface area contributed by atoms with Crippen molar-refractivity contribution in [2.45, 2.75) is 25.3 Å². The number of imidazole rings is 1. The van der Waals surface area contributed by atoms with Crippen molar-refractivity contribution in [3.05, 3.63) is 60.4 Å². The minimum absolute atomic E-state index is 0.114. The topological polar surface area (TPSA) is 100 Å². The summed E-state index contributed by atoms with van der Waals surface area (Å²) in [5.74, 6) is -0.923. The van der Waals surface area contributed by atoms with Gasteiger partial charge < -0.3 is 24.5 Å². The number of likely N-dealkylation sites (tertiary alicyclic amines) is 1. The van der Waals surface area contributed by atoms with Crippen LogP contribution in [-0.2, 0) is 4.79 Å². The number of halogens is 2. The third-order valence-corrected chi connectivity index (χ3v) is 9.00. The summed E-state index contributed by atoms with van der Waals surface area (Å²) in [6.07, 6.45) is 4.13. The number of aromatic nitrogens is 4. The fourth-order valence-corrected chi connectivity index (χ4v) is 6.35. The first-order valence-corrected chi connectivity index (χ1v) is 16.0. The van der Waals surface area contributed by atoms with Crippen LogP contribution in [0.15, 0.2) is 48.8 Å². The molecule has 0 N–H and O–H groups in total. The van der Waals surface area contributed by atoms with Crippen molar-refractivity contribution in [3.63, 3.8) is 0 Å². The summed E-state index contributed by atoms with van der Waals surface area (Å²) in [4.78, 5) is 37.0. The molecular weight excluding hydrogens is 602 g/mol. The molecular formula is C34H40F2N10O. The van der Waals surface area contributed by atoms with Crippen LogP contribution in [0.2, 0.25) is 0 Å². The first-order valence-electron chi connectivity index (χ1n) is 16.0. The maximum Gasteiger partial charge on any atom is 0.236 e. The second kappa shape index (κ2) is 14.0. The maximum atomic E-state index is 17.1. The van der Waals surface area contributed by atoms with E-state index in [4.69, 9.17) is 15.2 Å². The van der Waals surface area contributed by atoms with Crippen LogP contribution in [0.3, 0.4) is 0 Å². The number of hydrogen-bond donors (Lipinski definition) is 0. The zero-order valence-electron chi connectivity index (χ0n) is 27.1. The Balaban J connectivity index is 1.49. The Labute approximate surface area is 273 Å². The second-order valence-corrected chi connectivity index (χ2v) is 12.6. The standard InChI is InChI=1S/C34H40F2N10O/c1-41(2)14-19-45(27-8-5-13-44(23-27)30(47)11-12-37)34-31(36)32(24-6-4-7-26(20-24)43-17-15-42(3)16-18-43)39-33(40-34)28-21-38-29-10-9-25(35)22-46(28)29/h4,6-7,9-10,20-22,27H,5,8,11,13-19,23H2,1-3H3/t27-/m1/s1. The van der Waals surface area contributed by atoms with Crippen LogP contribution in [0.4, 0.5) is 20.3 Å². The normalized spacial score (nSPS) is 17.3. The Morgan fingerprint density at radius 1 is 1.06 bits per heavy atom. The van der Waals surface area contributed by atoms with Crippen LogP contribution < -0.4 is 9.80 Å². The number of piperazine rings is 1. The first-order chi connectivity index (χ1) is 22.7. The number of benzene rings is 1. The molecule has 5 heterocycles. The summed E-state index contributed by atoms with van der Waals surface area (Å²) >= 11 is 0. The number of nitrogens with zero attached hydrogens (tertiary/aromatic N) is 10. The molecule has 2 aliphatic rings. The molecule has 11 nitrogen and oxygen atoms in total. The van der Waals surface area contributed by atoms with E-state index in [-0.39, 0.29) is 35.7 Å².